The zero-order valence-electron chi connectivity index (χ0n) is 6.54. The summed E-state index contributed by atoms with van der Waals surface area (Å²) < 4.78 is 0. The van der Waals surface area contributed by atoms with Gasteiger partial charge in [0.05, 0.1) is 0 Å². The van der Waals surface area contributed by atoms with Crippen LogP contribution in [0.3, 0.4) is 0 Å². The van der Waals surface area contributed by atoms with Gasteiger partial charge in [-0.1, -0.05) is 0 Å². The summed E-state index contributed by atoms with van der Waals surface area (Å²) in [6, 6.07) is 0. The minimum Gasteiger partial charge on any atom is -0.359 e. The van der Waals surface area contributed by atoms with E-state index in [2.05, 4.69) is 5.32 Å². The van der Waals surface area contributed by atoms with Crippen molar-refractivity contribution in [1.82, 2.24) is 10.2 Å². The molecule has 0 aliphatic carbocycles. The molecule has 1 aliphatic heterocycles. The summed E-state index contributed by atoms with van der Waals surface area (Å²) in [4.78, 5) is 22.6. The molecule has 0 bridgehead atoms. The van der Waals surface area contributed by atoms with Crippen LogP contribution in [0.15, 0.2) is 0 Å². The van der Waals surface area contributed by atoms with E-state index in [9.17, 15) is 9.59 Å². The Morgan fingerprint density at radius 3 is 2.82 bits per heavy atom. The summed E-state index contributed by atoms with van der Waals surface area (Å²) in [5, 5.41) is 2.55. The molecular formula is C7H12N2O2. The molecule has 0 aromatic rings. The third-order valence-electron chi connectivity index (χ3n) is 1.89. The summed E-state index contributed by atoms with van der Waals surface area (Å²) in [6.07, 6.45) is 1.36. The first-order valence-electron chi connectivity index (χ1n) is 3.66. The molecule has 0 radical (unpaired) electrons. The number of carbonyl (C=O) groups is 2. The van der Waals surface area contributed by atoms with Crippen LogP contribution in [-0.4, -0.2) is 37.4 Å². The second-order valence-corrected chi connectivity index (χ2v) is 2.80. The van der Waals surface area contributed by atoms with E-state index in [4.69, 9.17) is 0 Å². The van der Waals surface area contributed by atoms with Crippen LogP contribution in [0.4, 0.5) is 0 Å². The molecule has 0 aromatic heterocycles. The van der Waals surface area contributed by atoms with E-state index >= 15 is 0 Å². The van der Waals surface area contributed by atoms with Gasteiger partial charge in [-0.15, -0.1) is 0 Å². The van der Waals surface area contributed by atoms with Gasteiger partial charge >= 0.3 is 0 Å². The second kappa shape index (κ2) is 3.37. The lowest BCUT2D eigenvalue weighted by molar-refractivity contribution is -0.128. The van der Waals surface area contributed by atoms with E-state index in [1.165, 1.54) is 0 Å². The lowest BCUT2D eigenvalue weighted by Gasteiger charge is -2.35. The normalized spacial score (nSPS) is 17.4. The Balaban J connectivity index is 2.13. The van der Waals surface area contributed by atoms with Crippen LogP contribution in [0.1, 0.15) is 6.42 Å². The quantitative estimate of drug-likeness (QED) is 0.544. The molecule has 1 aliphatic rings. The fraction of sp³-hybridized carbons (Fsp3) is 0.714. The largest absolute Gasteiger partial charge is 0.359 e. The van der Waals surface area contributed by atoms with Crippen LogP contribution in [-0.2, 0) is 9.59 Å². The van der Waals surface area contributed by atoms with Gasteiger partial charge in [0.25, 0.3) is 0 Å². The van der Waals surface area contributed by atoms with Gasteiger partial charge in [0.1, 0.15) is 0 Å². The number of hydrogen-bond donors (Lipinski definition) is 1. The smallest absolute Gasteiger partial charge is 0.220 e. The third-order valence-corrected chi connectivity index (χ3v) is 1.89. The minimum atomic E-state index is 0.0561. The Morgan fingerprint density at radius 1 is 1.73 bits per heavy atom. The number of nitrogens with one attached hydrogen (secondary N) is 1. The summed E-state index contributed by atoms with van der Waals surface area (Å²) in [5.74, 6) is 0.431. The zero-order chi connectivity index (χ0) is 8.27. The molecule has 1 rings (SSSR count). The van der Waals surface area contributed by atoms with E-state index in [1.807, 2.05) is 0 Å². The van der Waals surface area contributed by atoms with Crippen molar-refractivity contribution in [3.05, 3.63) is 0 Å². The maximum Gasteiger partial charge on any atom is 0.220 e. The van der Waals surface area contributed by atoms with Gasteiger partial charge in [0, 0.05) is 32.5 Å². The summed E-state index contributed by atoms with van der Waals surface area (Å²) in [6.45, 7) is 1.47. The van der Waals surface area contributed by atoms with Crippen molar-refractivity contribution in [3.8, 4) is 0 Å². The Kier molecular flexibility index (Phi) is 2.46. The van der Waals surface area contributed by atoms with Crippen molar-refractivity contribution in [2.75, 3.05) is 20.1 Å². The SMILES string of the molecule is CNC(=O)CC1CN(C=O)C1. The Morgan fingerprint density at radius 2 is 2.36 bits per heavy atom. The van der Waals surface area contributed by atoms with Crippen molar-refractivity contribution < 1.29 is 9.59 Å². The molecule has 1 fully saturated rings. The van der Waals surface area contributed by atoms with Gasteiger partial charge in [-0.25, -0.2) is 0 Å². The predicted molar refractivity (Wildman–Crippen MR) is 39.8 cm³/mol. The first kappa shape index (κ1) is 8.04. The van der Waals surface area contributed by atoms with Crippen molar-refractivity contribution in [2.24, 2.45) is 5.92 Å². The number of hydrogen-bond acceptors (Lipinski definition) is 2. The van der Waals surface area contributed by atoms with Gasteiger partial charge in [-0.2, -0.15) is 0 Å². The molecule has 11 heavy (non-hydrogen) atoms. The molecule has 0 atom stereocenters. The van der Waals surface area contributed by atoms with Crippen LogP contribution in [0.2, 0.25) is 0 Å². The number of rotatable bonds is 3. The highest BCUT2D eigenvalue weighted by Crippen LogP contribution is 2.16. The lowest BCUT2D eigenvalue weighted by atomic mass is 9.97. The van der Waals surface area contributed by atoms with Crippen LogP contribution >= 0.6 is 0 Å². The van der Waals surface area contributed by atoms with Crippen molar-refractivity contribution in [2.45, 2.75) is 6.42 Å². The van der Waals surface area contributed by atoms with Crippen LogP contribution in [0.5, 0.6) is 0 Å². The molecule has 1 N–H and O–H groups in total. The molecule has 0 unspecified atom stereocenters. The highest BCUT2D eigenvalue weighted by molar-refractivity contribution is 5.76. The number of amides is 2. The molecule has 0 spiro atoms. The van der Waals surface area contributed by atoms with E-state index in [-0.39, 0.29) is 5.91 Å². The monoisotopic (exact) mass is 156 g/mol. The lowest BCUT2D eigenvalue weighted by Crippen LogP contribution is -2.47. The molecule has 2 amide bonds. The molecule has 62 valence electrons. The fourth-order valence-corrected chi connectivity index (χ4v) is 1.19. The molecule has 1 saturated heterocycles. The average Bonchev–Trinajstić information content (AvgIpc) is 1.95. The first-order valence-corrected chi connectivity index (χ1v) is 3.66. The van der Waals surface area contributed by atoms with Gasteiger partial charge in [-0.3, -0.25) is 9.59 Å². The predicted octanol–water partition coefficient (Wildman–Crippen LogP) is -0.789. The van der Waals surface area contributed by atoms with Crippen molar-refractivity contribution in [1.29, 1.82) is 0 Å². The molecule has 4 heteroatoms. The van der Waals surface area contributed by atoms with Gasteiger partial charge in [0.15, 0.2) is 0 Å². The molecule has 1 heterocycles. The summed E-state index contributed by atoms with van der Waals surface area (Å²) >= 11 is 0. The van der Waals surface area contributed by atoms with Crippen molar-refractivity contribution >= 4 is 12.3 Å². The second-order valence-electron chi connectivity index (χ2n) is 2.80. The van der Waals surface area contributed by atoms with Gasteiger partial charge in [0.2, 0.25) is 12.3 Å². The highest BCUT2D eigenvalue weighted by Gasteiger charge is 2.26. The average molecular weight is 156 g/mol. The third kappa shape index (κ3) is 1.93. The van der Waals surface area contributed by atoms with E-state index < -0.39 is 0 Å². The van der Waals surface area contributed by atoms with E-state index in [1.54, 1.807) is 11.9 Å². The van der Waals surface area contributed by atoms with Gasteiger partial charge in [-0.05, 0) is 0 Å². The fourth-order valence-electron chi connectivity index (χ4n) is 1.19. The Hall–Kier alpha value is -1.06. The molecule has 0 saturated carbocycles. The molecule has 0 aromatic carbocycles. The van der Waals surface area contributed by atoms with Crippen LogP contribution < -0.4 is 5.32 Å². The summed E-state index contributed by atoms with van der Waals surface area (Å²) in [7, 11) is 1.62. The van der Waals surface area contributed by atoms with E-state index in [0.29, 0.717) is 12.3 Å². The van der Waals surface area contributed by atoms with Crippen LogP contribution in [0.25, 0.3) is 0 Å². The van der Waals surface area contributed by atoms with E-state index in [0.717, 1.165) is 19.5 Å². The number of nitrogens with zero attached hydrogens (tertiary/aromatic N) is 1. The van der Waals surface area contributed by atoms with Gasteiger partial charge < -0.3 is 10.2 Å². The topological polar surface area (TPSA) is 49.4 Å². The minimum absolute atomic E-state index is 0.0561. The maximum absolute atomic E-state index is 10.8. The molecular weight excluding hydrogens is 144 g/mol. The molecule has 4 nitrogen and oxygen atoms in total. The Labute approximate surface area is 65.6 Å². The standard InChI is InChI=1S/C7H12N2O2/c1-8-7(11)2-6-3-9(4-6)5-10/h5-6H,2-4H2,1H3,(H,8,11). The number of carbonyl (C=O) groups excluding carboxylic acids is 2. The van der Waals surface area contributed by atoms with Crippen molar-refractivity contribution in [3.63, 3.8) is 0 Å². The van der Waals surface area contributed by atoms with Crippen LogP contribution in [0, 0.1) is 5.92 Å². The highest BCUT2D eigenvalue weighted by atomic mass is 16.1. The maximum atomic E-state index is 10.8. The Bertz CT molecular complexity index is 164. The number of likely N-dealkylation sites (tertiary alicyclic amines) is 1. The summed E-state index contributed by atoms with van der Waals surface area (Å²) in [5.41, 5.74) is 0. The first-order chi connectivity index (χ1) is 5.26. The zero-order valence-corrected chi connectivity index (χ0v) is 6.54.